The maximum absolute atomic E-state index is 13.5. The number of phenols is 2. The molecule has 2 aromatic carbocycles. The molecule has 160 valence electrons. The molecule has 3 aliphatic carbocycles. The van der Waals surface area contributed by atoms with Gasteiger partial charge in [-0.3, -0.25) is 9.69 Å². The normalized spacial score (nSPS) is 35.1. The number of Topliss-reactive ketones (excluding diaryl/α,β-unsaturated/α-hetero) is 1. The summed E-state index contributed by atoms with van der Waals surface area (Å²) in [6.07, 6.45) is 2.99. The number of halogens is 1. The van der Waals surface area contributed by atoms with Gasteiger partial charge in [-0.2, -0.15) is 0 Å². The van der Waals surface area contributed by atoms with Gasteiger partial charge in [-0.05, 0) is 55.4 Å². The maximum atomic E-state index is 13.5. The van der Waals surface area contributed by atoms with Crippen LogP contribution in [0.15, 0.2) is 53.1 Å². The highest BCUT2D eigenvalue weighted by Crippen LogP contribution is 2.79. The third-order valence-electron chi connectivity index (χ3n) is 8.01. The van der Waals surface area contributed by atoms with Gasteiger partial charge in [-0.1, -0.05) is 6.07 Å². The van der Waals surface area contributed by atoms with E-state index in [2.05, 4.69) is 11.9 Å². The van der Waals surface area contributed by atoms with E-state index >= 15 is 0 Å². The van der Waals surface area contributed by atoms with Gasteiger partial charge < -0.3 is 14.9 Å². The largest absolute Gasteiger partial charge is 0.504 e. The van der Waals surface area contributed by atoms with Crippen LogP contribution in [0.2, 0.25) is 0 Å². The van der Waals surface area contributed by atoms with E-state index in [9.17, 15) is 19.4 Å². The first kappa shape index (κ1) is 19.2. The number of phenolic OH excluding ortho intramolecular Hbond substituents is 2. The number of ketones is 1. The molecule has 5 atom stereocenters. The number of benzene rings is 2. The lowest BCUT2D eigenvalue weighted by molar-refractivity contribution is -0.238. The Morgan fingerprint density at radius 1 is 1.19 bits per heavy atom. The summed E-state index contributed by atoms with van der Waals surface area (Å²) < 4.78 is 18.9. The van der Waals surface area contributed by atoms with Crippen LogP contribution in [0.1, 0.15) is 29.2 Å². The van der Waals surface area contributed by atoms with Gasteiger partial charge >= 0.3 is 0 Å². The van der Waals surface area contributed by atoms with Crippen LogP contribution in [0.4, 0.5) is 4.39 Å². The van der Waals surface area contributed by atoms with E-state index < -0.39 is 5.41 Å². The maximum Gasteiger partial charge on any atom is 0.197 e. The quantitative estimate of drug-likeness (QED) is 0.707. The predicted molar refractivity (Wildman–Crippen MR) is 114 cm³/mol. The average molecular weight is 440 g/mol. The van der Waals surface area contributed by atoms with Crippen molar-refractivity contribution < 1.29 is 24.1 Å². The Hall–Kier alpha value is -2.51. The van der Waals surface area contributed by atoms with Crippen LogP contribution >= 0.6 is 11.8 Å². The first-order chi connectivity index (χ1) is 14.8. The van der Waals surface area contributed by atoms with Crippen molar-refractivity contribution in [2.45, 2.75) is 40.5 Å². The molecule has 2 aromatic rings. The second-order valence-corrected chi connectivity index (χ2v) is 10.3. The number of piperidine rings is 1. The minimum Gasteiger partial charge on any atom is -0.504 e. The van der Waals surface area contributed by atoms with E-state index in [0.29, 0.717) is 11.3 Å². The molecule has 7 heteroatoms. The summed E-state index contributed by atoms with van der Waals surface area (Å²) in [7, 11) is 3.62. The van der Waals surface area contributed by atoms with Crippen LogP contribution in [0.5, 0.6) is 11.5 Å². The van der Waals surface area contributed by atoms with Crippen molar-refractivity contribution in [3.8, 4) is 11.5 Å². The third kappa shape index (κ3) is 2.09. The number of likely N-dealkylation sites (tertiary alicyclic amines) is 1. The molecule has 1 heterocycles. The van der Waals surface area contributed by atoms with E-state index in [4.69, 9.17) is 4.74 Å². The van der Waals surface area contributed by atoms with E-state index in [1.165, 1.54) is 25.3 Å². The minimum atomic E-state index is -0.550. The molecule has 6 rings (SSSR count). The summed E-state index contributed by atoms with van der Waals surface area (Å²) in [5, 5.41) is 21.3. The number of aromatic hydroxyl groups is 2. The number of hydrogen-bond acceptors (Lipinski definition) is 6. The predicted octanol–water partition coefficient (Wildman–Crippen LogP) is 3.90. The monoisotopic (exact) mass is 439 g/mol. The fourth-order valence-corrected chi connectivity index (χ4v) is 8.27. The van der Waals surface area contributed by atoms with E-state index in [1.807, 2.05) is 12.1 Å². The van der Waals surface area contributed by atoms with Crippen molar-refractivity contribution in [2.24, 2.45) is 5.41 Å². The number of thioether (sulfide) groups is 1. The van der Waals surface area contributed by atoms with Crippen LogP contribution in [0.3, 0.4) is 0 Å². The van der Waals surface area contributed by atoms with Gasteiger partial charge in [0, 0.05) is 39.8 Å². The molecule has 0 aromatic heterocycles. The lowest BCUT2D eigenvalue weighted by Crippen LogP contribution is -2.87. The molecular weight excluding hydrogens is 417 g/mol. The van der Waals surface area contributed by atoms with Crippen molar-refractivity contribution in [3.63, 3.8) is 0 Å². The molecular formula is C24H22FNO4S. The van der Waals surface area contributed by atoms with Crippen LogP contribution in [0.25, 0.3) is 0 Å². The van der Waals surface area contributed by atoms with Gasteiger partial charge in [-0.25, -0.2) is 4.39 Å². The summed E-state index contributed by atoms with van der Waals surface area (Å²) in [6.45, 7) is 0. The Bertz CT molecular complexity index is 1160. The van der Waals surface area contributed by atoms with Gasteiger partial charge in [0.05, 0.1) is 12.4 Å². The Morgan fingerprint density at radius 3 is 2.65 bits per heavy atom. The fourth-order valence-electron chi connectivity index (χ4n) is 6.81. The number of carbonyl (C=O) groups excluding carboxylic acids is 1. The van der Waals surface area contributed by atoms with Gasteiger partial charge in [0.2, 0.25) is 0 Å². The van der Waals surface area contributed by atoms with E-state index in [1.54, 1.807) is 23.9 Å². The van der Waals surface area contributed by atoms with Crippen molar-refractivity contribution >= 4 is 17.5 Å². The smallest absolute Gasteiger partial charge is 0.197 e. The highest BCUT2D eigenvalue weighted by molar-refractivity contribution is 7.99. The molecule has 1 aliphatic heterocycles. The van der Waals surface area contributed by atoms with E-state index in [0.717, 1.165) is 16.9 Å². The molecule has 5 nitrogen and oxygen atoms in total. The van der Waals surface area contributed by atoms with Gasteiger partial charge in [0.15, 0.2) is 23.0 Å². The van der Waals surface area contributed by atoms with Crippen molar-refractivity contribution in [3.05, 3.63) is 65.2 Å². The summed E-state index contributed by atoms with van der Waals surface area (Å²) in [4.78, 5) is 16.2. The highest BCUT2D eigenvalue weighted by Gasteiger charge is 2.82. The molecule has 5 unspecified atom stereocenters. The van der Waals surface area contributed by atoms with Crippen LogP contribution in [-0.2, 0) is 14.9 Å². The topological polar surface area (TPSA) is 70.0 Å². The lowest BCUT2D eigenvalue weighted by Gasteiger charge is -2.81. The molecule has 0 bridgehead atoms. The Labute approximate surface area is 183 Å². The number of fused-ring (bicyclic) bond motifs is 1. The van der Waals surface area contributed by atoms with Crippen molar-refractivity contribution in [2.75, 3.05) is 14.2 Å². The molecule has 2 fully saturated rings. The Balaban J connectivity index is 1.59. The third-order valence-corrected chi connectivity index (χ3v) is 9.32. The minimum absolute atomic E-state index is 0.0656. The van der Waals surface area contributed by atoms with Gasteiger partial charge in [-0.15, -0.1) is 11.8 Å². The SMILES string of the molecule is COC1=CC23C4CC2(CC1=O)c1c(ccc(O)c1O)C(Sc1ccc(F)cc1)C3N4C. The highest BCUT2D eigenvalue weighted by atomic mass is 32.2. The number of ether oxygens (including phenoxy) is 1. The van der Waals surface area contributed by atoms with Crippen molar-refractivity contribution in [1.82, 2.24) is 4.90 Å². The lowest BCUT2D eigenvalue weighted by atomic mass is 9.31. The summed E-state index contributed by atoms with van der Waals surface area (Å²) >= 11 is 1.62. The second kappa shape index (κ2) is 6.04. The molecule has 1 spiro atoms. The average Bonchev–Trinajstić information content (AvgIpc) is 2.74. The standard InChI is InChI=1S/C24H22FNO4S/c1-26-18-11-23-9-16(28)17(30-2)10-24(18,23)22(26)21(31-13-5-3-12(25)4-6-13)14-7-8-15(27)20(29)19(14)23/h3-8,10,18,21-22,27,29H,9,11H2,1-2H3. The van der Waals surface area contributed by atoms with Crippen LogP contribution in [0, 0.1) is 11.2 Å². The first-order valence-corrected chi connectivity index (χ1v) is 11.2. The first-order valence-electron chi connectivity index (χ1n) is 10.3. The number of hydrogen-bond donors (Lipinski definition) is 2. The fraction of sp³-hybridized carbons (Fsp3) is 0.375. The Morgan fingerprint density at radius 2 is 1.94 bits per heavy atom. The number of carbonyl (C=O) groups is 1. The molecule has 0 radical (unpaired) electrons. The van der Waals surface area contributed by atoms with Crippen LogP contribution < -0.4 is 0 Å². The van der Waals surface area contributed by atoms with Gasteiger partial charge in [0.1, 0.15) is 5.82 Å². The number of nitrogens with zero attached hydrogens (tertiary/aromatic N) is 1. The number of likely N-dealkylation sites (N-methyl/N-ethyl adjacent to an activating group) is 1. The molecule has 31 heavy (non-hydrogen) atoms. The van der Waals surface area contributed by atoms with Gasteiger partial charge in [0.25, 0.3) is 0 Å². The summed E-state index contributed by atoms with van der Waals surface area (Å²) in [5.41, 5.74) is 0.716. The molecule has 2 N–H and O–H groups in total. The number of allylic oxidation sites excluding steroid dienone is 1. The zero-order valence-corrected chi connectivity index (χ0v) is 17.9. The molecule has 1 saturated carbocycles. The Kier molecular flexibility index (Phi) is 3.74. The molecule has 4 aliphatic rings. The van der Waals surface area contributed by atoms with E-state index in [-0.39, 0.29) is 52.3 Å². The second-order valence-electron chi connectivity index (χ2n) is 9.05. The zero-order valence-electron chi connectivity index (χ0n) is 17.1. The molecule has 0 amide bonds. The summed E-state index contributed by atoms with van der Waals surface area (Å²) in [5.74, 6) is -0.274. The number of methoxy groups -OCH3 is 1. The zero-order chi connectivity index (χ0) is 21.7. The number of rotatable bonds is 3. The van der Waals surface area contributed by atoms with Crippen LogP contribution in [-0.4, -0.2) is 47.1 Å². The van der Waals surface area contributed by atoms with Crippen molar-refractivity contribution in [1.29, 1.82) is 0 Å². The molecule has 1 saturated heterocycles. The summed E-state index contributed by atoms with van der Waals surface area (Å²) in [6, 6.07) is 10.1.